The van der Waals surface area contributed by atoms with Crippen LogP contribution in [0.25, 0.3) is 10.9 Å². The van der Waals surface area contributed by atoms with Gasteiger partial charge in [-0.25, -0.2) is 0 Å². The van der Waals surface area contributed by atoms with Crippen molar-refractivity contribution < 1.29 is 9.32 Å². The van der Waals surface area contributed by atoms with Gasteiger partial charge in [0.05, 0.1) is 46.5 Å². The zero-order valence-corrected chi connectivity index (χ0v) is 17.4. The molecule has 0 saturated carbocycles. The van der Waals surface area contributed by atoms with Gasteiger partial charge in [0.1, 0.15) is 5.76 Å². The van der Waals surface area contributed by atoms with Gasteiger partial charge in [0.15, 0.2) is 5.11 Å². The number of pyridine rings is 1. The molecule has 0 aliphatic heterocycles. The van der Waals surface area contributed by atoms with Crippen molar-refractivity contribution in [1.29, 1.82) is 0 Å². The zero-order valence-electron chi connectivity index (χ0n) is 16.5. The third-order valence-corrected chi connectivity index (χ3v) is 5.00. The summed E-state index contributed by atoms with van der Waals surface area (Å²) in [7, 11) is 4.20. The Labute approximate surface area is 170 Å². The second kappa shape index (κ2) is 9.03. The number of nitrogens with one attached hydrogen (secondary N) is 3. The summed E-state index contributed by atoms with van der Waals surface area (Å²) in [5.41, 5.74) is 2.64. The van der Waals surface area contributed by atoms with Gasteiger partial charge in [-0.3, -0.25) is 4.79 Å². The van der Waals surface area contributed by atoms with Crippen molar-refractivity contribution in [2.45, 2.75) is 20.0 Å². The molecule has 3 aromatic rings. The zero-order chi connectivity index (χ0) is 20.1. The molecule has 28 heavy (non-hydrogen) atoms. The van der Waals surface area contributed by atoms with Crippen molar-refractivity contribution in [3.05, 3.63) is 69.9 Å². The van der Waals surface area contributed by atoms with Gasteiger partial charge in [0.25, 0.3) is 5.56 Å². The second-order valence-electron chi connectivity index (χ2n) is 7.33. The van der Waals surface area contributed by atoms with Crippen LogP contribution in [-0.2, 0) is 13.1 Å². The summed E-state index contributed by atoms with van der Waals surface area (Å²) in [6, 6.07) is 11.7. The molecule has 7 heteroatoms. The SMILES string of the molecule is Cc1ccc2[nH]c(=O)c(CN(CC[NH+](C)C)C(=S)NCc3ccco3)cc2c1. The third kappa shape index (κ3) is 5.21. The predicted molar refractivity (Wildman–Crippen MR) is 116 cm³/mol. The van der Waals surface area contributed by atoms with Crippen LogP contribution in [0.2, 0.25) is 0 Å². The van der Waals surface area contributed by atoms with E-state index in [4.69, 9.17) is 16.6 Å². The van der Waals surface area contributed by atoms with E-state index >= 15 is 0 Å². The van der Waals surface area contributed by atoms with Crippen molar-refractivity contribution in [3.8, 4) is 0 Å². The molecule has 2 aromatic heterocycles. The van der Waals surface area contributed by atoms with Gasteiger partial charge < -0.3 is 24.5 Å². The Morgan fingerprint density at radius 1 is 1.29 bits per heavy atom. The van der Waals surface area contributed by atoms with Gasteiger partial charge in [-0.2, -0.15) is 0 Å². The van der Waals surface area contributed by atoms with Crippen LogP contribution < -0.4 is 15.8 Å². The summed E-state index contributed by atoms with van der Waals surface area (Å²) in [4.78, 5) is 18.9. The van der Waals surface area contributed by atoms with Crippen molar-refractivity contribution in [2.24, 2.45) is 0 Å². The summed E-state index contributed by atoms with van der Waals surface area (Å²) >= 11 is 5.61. The first kappa shape index (κ1) is 20.1. The van der Waals surface area contributed by atoms with Crippen molar-refractivity contribution in [2.75, 3.05) is 27.2 Å². The van der Waals surface area contributed by atoms with Crippen LogP contribution in [0.1, 0.15) is 16.9 Å². The molecular formula is C21H27N4O2S+. The van der Waals surface area contributed by atoms with E-state index in [1.54, 1.807) is 6.26 Å². The number of quaternary nitrogens is 1. The van der Waals surface area contributed by atoms with Crippen molar-refractivity contribution in [3.63, 3.8) is 0 Å². The molecular weight excluding hydrogens is 372 g/mol. The number of H-pyrrole nitrogens is 1. The minimum atomic E-state index is -0.0765. The van der Waals surface area contributed by atoms with Crippen LogP contribution >= 0.6 is 12.2 Å². The lowest BCUT2D eigenvalue weighted by atomic mass is 10.1. The first-order valence-electron chi connectivity index (χ1n) is 9.39. The van der Waals surface area contributed by atoms with E-state index in [1.807, 2.05) is 42.2 Å². The van der Waals surface area contributed by atoms with E-state index in [0.717, 1.165) is 35.3 Å². The summed E-state index contributed by atoms with van der Waals surface area (Å²) in [5.74, 6) is 0.819. The Morgan fingerprint density at radius 3 is 2.82 bits per heavy atom. The van der Waals surface area contributed by atoms with Gasteiger partial charge in [-0.1, -0.05) is 11.6 Å². The standard InChI is InChI=1S/C21H26N4O2S/c1-15-6-7-19-16(11-15)12-17(20(26)23-19)14-25(9-8-24(2)3)21(28)22-13-18-5-4-10-27-18/h4-7,10-12H,8-9,13-14H2,1-3H3,(H,22,28)(H,23,26)/p+1. The molecule has 0 unspecified atom stereocenters. The highest BCUT2D eigenvalue weighted by Gasteiger charge is 2.15. The number of hydrogen-bond acceptors (Lipinski definition) is 3. The average Bonchev–Trinajstić information content (AvgIpc) is 3.17. The van der Waals surface area contributed by atoms with E-state index in [9.17, 15) is 4.79 Å². The fourth-order valence-electron chi connectivity index (χ4n) is 2.99. The van der Waals surface area contributed by atoms with Crippen LogP contribution in [-0.4, -0.2) is 42.2 Å². The smallest absolute Gasteiger partial charge is 0.253 e. The van der Waals surface area contributed by atoms with Crippen molar-refractivity contribution >= 4 is 28.2 Å². The second-order valence-corrected chi connectivity index (χ2v) is 7.72. The fourth-order valence-corrected chi connectivity index (χ4v) is 3.22. The highest BCUT2D eigenvalue weighted by molar-refractivity contribution is 7.80. The summed E-state index contributed by atoms with van der Waals surface area (Å²) in [6.07, 6.45) is 1.64. The van der Waals surface area contributed by atoms with Gasteiger partial charge in [0.2, 0.25) is 0 Å². The van der Waals surface area contributed by atoms with E-state index in [0.29, 0.717) is 23.8 Å². The Kier molecular flexibility index (Phi) is 6.49. The highest BCUT2D eigenvalue weighted by atomic mass is 32.1. The molecule has 148 valence electrons. The predicted octanol–water partition coefficient (Wildman–Crippen LogP) is 1.45. The molecule has 0 aliphatic rings. The van der Waals surface area contributed by atoms with Crippen LogP contribution in [0.3, 0.4) is 0 Å². The number of benzene rings is 1. The number of aryl methyl sites for hydroxylation is 1. The number of furan rings is 1. The minimum Gasteiger partial charge on any atom is -0.467 e. The molecule has 0 bridgehead atoms. The highest BCUT2D eigenvalue weighted by Crippen LogP contribution is 2.14. The van der Waals surface area contributed by atoms with Gasteiger partial charge in [-0.15, -0.1) is 0 Å². The van der Waals surface area contributed by atoms with Crippen LogP contribution in [0.5, 0.6) is 0 Å². The molecule has 6 nitrogen and oxygen atoms in total. The maximum absolute atomic E-state index is 12.6. The Hall–Kier alpha value is -2.64. The monoisotopic (exact) mass is 399 g/mol. The molecule has 1 aromatic carbocycles. The molecule has 0 fully saturated rings. The van der Waals surface area contributed by atoms with Gasteiger partial charge in [-0.05, 0) is 54.9 Å². The number of aromatic nitrogens is 1. The minimum absolute atomic E-state index is 0.0765. The van der Waals surface area contributed by atoms with Gasteiger partial charge in [0, 0.05) is 11.1 Å². The molecule has 0 saturated heterocycles. The maximum Gasteiger partial charge on any atom is 0.253 e. The summed E-state index contributed by atoms with van der Waals surface area (Å²) in [6.45, 7) is 4.68. The van der Waals surface area contributed by atoms with Crippen molar-refractivity contribution in [1.82, 2.24) is 15.2 Å². The fraction of sp³-hybridized carbons (Fsp3) is 0.333. The van der Waals surface area contributed by atoms with E-state index < -0.39 is 0 Å². The van der Waals surface area contributed by atoms with E-state index in [1.165, 1.54) is 4.90 Å². The lowest BCUT2D eigenvalue weighted by Gasteiger charge is -2.26. The quantitative estimate of drug-likeness (QED) is 0.525. The molecule has 0 aliphatic carbocycles. The average molecular weight is 400 g/mol. The van der Waals surface area contributed by atoms with Gasteiger partial charge >= 0.3 is 0 Å². The molecule has 0 atom stereocenters. The maximum atomic E-state index is 12.6. The molecule has 3 N–H and O–H groups in total. The van der Waals surface area contributed by atoms with E-state index in [2.05, 4.69) is 30.5 Å². The number of nitrogens with zero attached hydrogens (tertiary/aromatic N) is 1. The largest absolute Gasteiger partial charge is 0.467 e. The number of fused-ring (bicyclic) bond motifs is 1. The van der Waals surface area contributed by atoms with Crippen LogP contribution in [0.4, 0.5) is 0 Å². The lowest BCUT2D eigenvalue weighted by Crippen LogP contribution is -3.06. The molecule has 0 amide bonds. The Balaban J connectivity index is 1.79. The van der Waals surface area contributed by atoms with E-state index in [-0.39, 0.29) is 5.56 Å². The number of thiocarbonyl (C=S) groups is 1. The van der Waals surface area contributed by atoms with Crippen LogP contribution in [0.15, 0.2) is 51.9 Å². The molecule has 0 spiro atoms. The summed E-state index contributed by atoms with van der Waals surface area (Å²) < 4.78 is 5.36. The Morgan fingerprint density at radius 2 is 2.11 bits per heavy atom. The first-order valence-corrected chi connectivity index (χ1v) is 9.80. The number of aromatic amines is 1. The number of likely N-dealkylation sites (N-methyl/N-ethyl adjacent to an activating group) is 1. The molecule has 2 heterocycles. The first-order chi connectivity index (χ1) is 13.4. The summed E-state index contributed by atoms with van der Waals surface area (Å²) in [5, 5.41) is 4.88. The number of rotatable bonds is 7. The Bertz CT molecular complexity index is 995. The third-order valence-electron chi connectivity index (χ3n) is 4.60. The lowest BCUT2D eigenvalue weighted by molar-refractivity contribution is -0.857. The number of hydrogen-bond donors (Lipinski definition) is 3. The molecule has 0 radical (unpaired) electrons. The topological polar surface area (TPSA) is 65.7 Å². The van der Waals surface area contributed by atoms with Crippen LogP contribution in [0, 0.1) is 6.92 Å². The molecule has 3 rings (SSSR count). The normalized spacial score (nSPS) is 11.1.